The molecular weight excluding hydrogens is 204 g/mol. The molecule has 2 aromatic carbocycles. The first-order chi connectivity index (χ1) is 7.33. The standard InChI is InChI=1S/C14H13Cl/c1-11-6-5-9-13(14(11)10-15)12-7-3-2-4-8-12/h2-9H,10H2,1H3. The van der Waals surface area contributed by atoms with Gasteiger partial charge in [0.1, 0.15) is 0 Å². The number of hydrogen-bond acceptors (Lipinski definition) is 0. The van der Waals surface area contributed by atoms with Crippen molar-refractivity contribution in [3.05, 3.63) is 59.7 Å². The Morgan fingerprint density at radius 3 is 2.33 bits per heavy atom. The molecular formula is C14H13Cl. The zero-order valence-corrected chi connectivity index (χ0v) is 9.46. The SMILES string of the molecule is Cc1cccc(-c2ccccc2)c1CCl. The van der Waals surface area contributed by atoms with Crippen LogP contribution < -0.4 is 0 Å². The van der Waals surface area contributed by atoms with Crippen molar-refractivity contribution < 1.29 is 0 Å². The molecule has 0 bridgehead atoms. The van der Waals surface area contributed by atoms with Gasteiger partial charge in [0.2, 0.25) is 0 Å². The summed E-state index contributed by atoms with van der Waals surface area (Å²) in [7, 11) is 0. The van der Waals surface area contributed by atoms with Gasteiger partial charge in [-0.2, -0.15) is 0 Å². The van der Waals surface area contributed by atoms with Crippen LogP contribution in [0.5, 0.6) is 0 Å². The highest BCUT2D eigenvalue weighted by Gasteiger charge is 2.05. The summed E-state index contributed by atoms with van der Waals surface area (Å²) in [4.78, 5) is 0. The van der Waals surface area contributed by atoms with Gasteiger partial charge in [-0.3, -0.25) is 0 Å². The summed E-state index contributed by atoms with van der Waals surface area (Å²) in [5.74, 6) is 0.566. The highest BCUT2D eigenvalue weighted by Crippen LogP contribution is 2.27. The first-order valence-corrected chi connectivity index (χ1v) is 5.56. The predicted octanol–water partition coefficient (Wildman–Crippen LogP) is 4.40. The zero-order chi connectivity index (χ0) is 10.7. The lowest BCUT2D eigenvalue weighted by molar-refractivity contribution is 1.30. The second-order valence-corrected chi connectivity index (χ2v) is 3.87. The van der Waals surface area contributed by atoms with Gasteiger partial charge in [-0.1, -0.05) is 48.5 Å². The van der Waals surface area contributed by atoms with Crippen LogP contribution in [0.1, 0.15) is 11.1 Å². The lowest BCUT2D eigenvalue weighted by atomic mass is 9.97. The maximum absolute atomic E-state index is 5.99. The topological polar surface area (TPSA) is 0 Å². The van der Waals surface area contributed by atoms with Crippen molar-refractivity contribution in [2.24, 2.45) is 0 Å². The van der Waals surface area contributed by atoms with Gasteiger partial charge in [0.25, 0.3) is 0 Å². The molecule has 0 aliphatic heterocycles. The zero-order valence-electron chi connectivity index (χ0n) is 8.70. The van der Waals surface area contributed by atoms with Crippen LogP contribution in [-0.4, -0.2) is 0 Å². The Morgan fingerprint density at radius 1 is 0.933 bits per heavy atom. The van der Waals surface area contributed by atoms with E-state index in [1.807, 2.05) is 6.07 Å². The molecule has 0 spiro atoms. The van der Waals surface area contributed by atoms with Crippen LogP contribution in [0.2, 0.25) is 0 Å². The number of halogens is 1. The van der Waals surface area contributed by atoms with Gasteiger partial charge >= 0.3 is 0 Å². The van der Waals surface area contributed by atoms with Gasteiger partial charge in [-0.25, -0.2) is 0 Å². The molecule has 0 aliphatic carbocycles. The van der Waals surface area contributed by atoms with Crippen LogP contribution in [0.3, 0.4) is 0 Å². The van der Waals surface area contributed by atoms with E-state index in [0.717, 1.165) is 0 Å². The fourth-order valence-electron chi connectivity index (χ4n) is 1.77. The van der Waals surface area contributed by atoms with Gasteiger partial charge < -0.3 is 0 Å². The highest BCUT2D eigenvalue weighted by molar-refractivity contribution is 6.17. The van der Waals surface area contributed by atoms with Crippen LogP contribution in [0.25, 0.3) is 11.1 Å². The molecule has 2 aromatic rings. The Labute approximate surface area is 95.5 Å². The van der Waals surface area contributed by atoms with Crippen molar-refractivity contribution in [1.29, 1.82) is 0 Å². The number of benzene rings is 2. The molecule has 0 saturated carbocycles. The smallest absolute Gasteiger partial charge is 0.0482 e. The molecule has 0 saturated heterocycles. The van der Waals surface area contributed by atoms with E-state index >= 15 is 0 Å². The summed E-state index contributed by atoms with van der Waals surface area (Å²) >= 11 is 5.99. The third-order valence-corrected chi connectivity index (χ3v) is 2.90. The number of rotatable bonds is 2. The maximum atomic E-state index is 5.99. The van der Waals surface area contributed by atoms with E-state index in [0.29, 0.717) is 5.88 Å². The highest BCUT2D eigenvalue weighted by atomic mass is 35.5. The number of alkyl halides is 1. The maximum Gasteiger partial charge on any atom is 0.0482 e. The molecule has 2 rings (SSSR count). The second-order valence-electron chi connectivity index (χ2n) is 3.60. The van der Waals surface area contributed by atoms with Crippen molar-refractivity contribution in [3.63, 3.8) is 0 Å². The fourth-order valence-corrected chi connectivity index (χ4v) is 2.12. The predicted molar refractivity (Wildman–Crippen MR) is 66.2 cm³/mol. The Bertz CT molecular complexity index is 446. The third kappa shape index (κ3) is 2.05. The van der Waals surface area contributed by atoms with E-state index in [1.54, 1.807) is 0 Å². The van der Waals surface area contributed by atoms with Gasteiger partial charge in [0, 0.05) is 5.88 Å². The average Bonchev–Trinajstić information content (AvgIpc) is 2.30. The van der Waals surface area contributed by atoms with Gasteiger partial charge in [-0.15, -0.1) is 11.6 Å². The molecule has 0 unspecified atom stereocenters. The summed E-state index contributed by atoms with van der Waals surface area (Å²) in [6.07, 6.45) is 0. The minimum atomic E-state index is 0.566. The van der Waals surface area contributed by atoms with E-state index < -0.39 is 0 Å². The lowest BCUT2D eigenvalue weighted by Gasteiger charge is -2.09. The molecule has 0 amide bonds. The second kappa shape index (κ2) is 4.50. The van der Waals surface area contributed by atoms with Crippen LogP contribution in [-0.2, 0) is 5.88 Å². The fraction of sp³-hybridized carbons (Fsp3) is 0.143. The van der Waals surface area contributed by atoms with Crippen molar-refractivity contribution in [2.45, 2.75) is 12.8 Å². The summed E-state index contributed by atoms with van der Waals surface area (Å²) in [6, 6.07) is 16.7. The minimum Gasteiger partial charge on any atom is -0.122 e. The Kier molecular flexibility index (Phi) is 3.08. The van der Waals surface area contributed by atoms with E-state index in [2.05, 4.69) is 49.4 Å². The van der Waals surface area contributed by atoms with Crippen molar-refractivity contribution >= 4 is 11.6 Å². The van der Waals surface area contributed by atoms with E-state index in [9.17, 15) is 0 Å². The lowest BCUT2D eigenvalue weighted by Crippen LogP contribution is -1.89. The number of hydrogen-bond donors (Lipinski definition) is 0. The monoisotopic (exact) mass is 216 g/mol. The molecule has 0 N–H and O–H groups in total. The quantitative estimate of drug-likeness (QED) is 0.653. The molecule has 0 fully saturated rings. The molecule has 76 valence electrons. The molecule has 0 heterocycles. The minimum absolute atomic E-state index is 0.566. The van der Waals surface area contributed by atoms with E-state index in [1.165, 1.54) is 22.3 Å². The van der Waals surface area contributed by atoms with E-state index in [-0.39, 0.29) is 0 Å². The van der Waals surface area contributed by atoms with Crippen LogP contribution in [0.15, 0.2) is 48.5 Å². The van der Waals surface area contributed by atoms with Crippen LogP contribution in [0.4, 0.5) is 0 Å². The Hall–Kier alpha value is -1.27. The molecule has 0 aliphatic rings. The average molecular weight is 217 g/mol. The van der Waals surface area contributed by atoms with Crippen LogP contribution >= 0.6 is 11.6 Å². The normalized spacial score (nSPS) is 10.3. The van der Waals surface area contributed by atoms with Gasteiger partial charge in [0.05, 0.1) is 0 Å². The summed E-state index contributed by atoms with van der Waals surface area (Å²) < 4.78 is 0. The molecule has 15 heavy (non-hydrogen) atoms. The van der Waals surface area contributed by atoms with Crippen molar-refractivity contribution in [1.82, 2.24) is 0 Å². The molecule has 0 atom stereocenters. The summed E-state index contributed by atoms with van der Waals surface area (Å²) in [6.45, 7) is 2.10. The van der Waals surface area contributed by atoms with Crippen molar-refractivity contribution in [2.75, 3.05) is 0 Å². The summed E-state index contributed by atoms with van der Waals surface area (Å²) in [5.41, 5.74) is 4.96. The Balaban J connectivity index is 2.58. The summed E-state index contributed by atoms with van der Waals surface area (Å²) in [5, 5.41) is 0. The molecule has 0 aromatic heterocycles. The third-order valence-electron chi connectivity index (χ3n) is 2.63. The first kappa shape index (κ1) is 10.3. The number of aryl methyl sites for hydroxylation is 1. The Morgan fingerprint density at radius 2 is 1.67 bits per heavy atom. The molecule has 0 radical (unpaired) electrons. The molecule has 1 heteroatoms. The van der Waals surface area contributed by atoms with Crippen LogP contribution in [0, 0.1) is 6.92 Å². The van der Waals surface area contributed by atoms with Crippen molar-refractivity contribution in [3.8, 4) is 11.1 Å². The molecule has 0 nitrogen and oxygen atoms in total. The largest absolute Gasteiger partial charge is 0.122 e. The van der Waals surface area contributed by atoms with Gasteiger partial charge in [-0.05, 0) is 29.2 Å². The first-order valence-electron chi connectivity index (χ1n) is 5.03. The van der Waals surface area contributed by atoms with E-state index in [4.69, 9.17) is 11.6 Å². The van der Waals surface area contributed by atoms with Gasteiger partial charge in [0.15, 0.2) is 0 Å².